The van der Waals surface area contributed by atoms with E-state index in [0.717, 1.165) is 44.9 Å². The number of carboxylic acids is 1. The van der Waals surface area contributed by atoms with Gasteiger partial charge in [0.05, 0.1) is 26.3 Å². The van der Waals surface area contributed by atoms with E-state index in [1.807, 2.05) is 0 Å². The maximum atomic E-state index is 12.5. The number of rotatable bonds is 7. The summed E-state index contributed by atoms with van der Waals surface area (Å²) >= 11 is 3.19. The molecule has 8 nitrogen and oxygen atoms in total. The minimum atomic E-state index is -1.41. The molecule has 1 heterocycles. The smallest absolute Gasteiger partial charge is 0.336 e. The molecule has 3 rings (SSSR count). The van der Waals surface area contributed by atoms with Crippen LogP contribution in [-0.2, 0) is 0 Å². The lowest BCUT2D eigenvalue weighted by Crippen LogP contribution is -2.16. The summed E-state index contributed by atoms with van der Waals surface area (Å²) in [5, 5.41) is 22.8. The summed E-state index contributed by atoms with van der Waals surface area (Å²) in [4.78, 5) is 38.6. The molecule has 0 fully saturated rings. The van der Waals surface area contributed by atoms with Crippen LogP contribution in [-0.4, -0.2) is 32.6 Å². The fraction of sp³-hybridized carbons (Fsp3) is 0.167. The van der Waals surface area contributed by atoms with Crippen LogP contribution in [0.2, 0.25) is 0 Å². The molecule has 0 saturated carbocycles. The number of nitrogens with one attached hydrogen (secondary N) is 1. The second-order valence-corrected chi connectivity index (χ2v) is 8.13. The molecule has 0 radical (unpaired) electrons. The molecular weight excluding hydrogens is 402 g/mol. The Morgan fingerprint density at radius 1 is 1.25 bits per heavy atom. The Balaban J connectivity index is 1.86. The van der Waals surface area contributed by atoms with Gasteiger partial charge >= 0.3 is 5.97 Å². The van der Waals surface area contributed by atoms with Gasteiger partial charge in [-0.1, -0.05) is 18.7 Å². The van der Waals surface area contributed by atoms with Crippen molar-refractivity contribution in [1.82, 2.24) is 4.98 Å². The minimum Gasteiger partial charge on any atom is -0.478 e. The van der Waals surface area contributed by atoms with Crippen LogP contribution in [0.3, 0.4) is 0 Å². The zero-order chi connectivity index (χ0) is 20.3. The maximum Gasteiger partial charge on any atom is 0.336 e. The van der Waals surface area contributed by atoms with Gasteiger partial charge < -0.3 is 10.4 Å². The maximum absolute atomic E-state index is 12.5. The van der Waals surface area contributed by atoms with Gasteiger partial charge in [-0.3, -0.25) is 14.9 Å². The highest BCUT2D eigenvalue weighted by atomic mass is 32.2. The summed E-state index contributed by atoms with van der Waals surface area (Å²) in [6.45, 7) is 2.09. The van der Waals surface area contributed by atoms with Gasteiger partial charge in [0.1, 0.15) is 0 Å². The molecule has 0 unspecified atom stereocenters. The molecule has 0 bridgehead atoms. The van der Waals surface area contributed by atoms with E-state index in [-0.39, 0.29) is 5.56 Å². The summed E-state index contributed by atoms with van der Waals surface area (Å²) in [6.07, 6.45) is 1.04. The number of aromatic carboxylic acids is 1. The van der Waals surface area contributed by atoms with E-state index in [0.29, 0.717) is 5.69 Å². The molecule has 0 atom stereocenters. The SMILES string of the molecule is CCCSc1nc2ccc(NC(=O)c3ccc([N+](=O)[O-])cc3C(=O)O)cc2s1. The number of nitro benzene ring substituents is 1. The van der Waals surface area contributed by atoms with Crippen molar-refractivity contribution in [3.8, 4) is 0 Å². The van der Waals surface area contributed by atoms with E-state index in [1.54, 1.807) is 30.0 Å². The van der Waals surface area contributed by atoms with Crippen LogP contribution in [0.1, 0.15) is 34.1 Å². The Labute approximate surface area is 167 Å². The first-order valence-corrected chi connectivity index (χ1v) is 10.1. The number of hydrogen-bond donors (Lipinski definition) is 2. The number of non-ortho nitro benzene ring substituents is 1. The van der Waals surface area contributed by atoms with E-state index in [4.69, 9.17) is 0 Å². The molecule has 1 amide bonds. The lowest BCUT2D eigenvalue weighted by molar-refractivity contribution is -0.384. The standard InChI is InChI=1S/C18H15N3O5S2/c1-2-7-27-18-20-14-6-3-10(8-15(14)28-18)19-16(22)12-5-4-11(21(25)26)9-13(12)17(23)24/h3-6,8-9H,2,7H2,1H3,(H,19,22)(H,23,24). The Kier molecular flexibility index (Phi) is 5.90. The zero-order valence-corrected chi connectivity index (χ0v) is 16.3. The van der Waals surface area contributed by atoms with Crippen LogP contribution < -0.4 is 5.32 Å². The van der Waals surface area contributed by atoms with E-state index >= 15 is 0 Å². The van der Waals surface area contributed by atoms with Crippen LogP contribution in [0, 0.1) is 10.1 Å². The monoisotopic (exact) mass is 417 g/mol. The van der Waals surface area contributed by atoms with Gasteiger partial charge in [-0.05, 0) is 30.7 Å². The molecule has 0 aliphatic carbocycles. The molecule has 0 aliphatic heterocycles. The van der Waals surface area contributed by atoms with Crippen molar-refractivity contribution >= 4 is 56.6 Å². The summed E-state index contributed by atoms with van der Waals surface area (Å²) < 4.78 is 1.85. The van der Waals surface area contributed by atoms with Crippen LogP contribution in [0.25, 0.3) is 10.2 Å². The van der Waals surface area contributed by atoms with Gasteiger partial charge in [0.25, 0.3) is 11.6 Å². The van der Waals surface area contributed by atoms with Crippen LogP contribution in [0.4, 0.5) is 11.4 Å². The minimum absolute atomic E-state index is 0.151. The van der Waals surface area contributed by atoms with E-state index < -0.39 is 28.1 Å². The third-order valence-electron chi connectivity index (χ3n) is 3.75. The van der Waals surface area contributed by atoms with Crippen LogP contribution >= 0.6 is 23.1 Å². The van der Waals surface area contributed by atoms with Gasteiger partial charge in [-0.2, -0.15) is 0 Å². The molecule has 1 aromatic heterocycles. The van der Waals surface area contributed by atoms with Gasteiger partial charge in [0.2, 0.25) is 0 Å². The third-order valence-corrected chi connectivity index (χ3v) is 6.11. The topological polar surface area (TPSA) is 122 Å². The quantitative estimate of drug-likeness (QED) is 0.326. The Morgan fingerprint density at radius 3 is 2.71 bits per heavy atom. The van der Waals surface area contributed by atoms with Crippen molar-refractivity contribution in [2.45, 2.75) is 17.7 Å². The normalized spacial score (nSPS) is 10.8. The number of benzene rings is 2. The van der Waals surface area contributed by atoms with Crippen molar-refractivity contribution in [2.24, 2.45) is 0 Å². The number of anilines is 1. The number of carbonyl (C=O) groups excluding carboxylic acids is 1. The molecule has 10 heteroatoms. The summed E-state index contributed by atoms with van der Waals surface area (Å²) in [6, 6.07) is 8.35. The molecule has 144 valence electrons. The first kappa shape index (κ1) is 19.8. The summed E-state index contributed by atoms with van der Waals surface area (Å²) in [5.41, 5.74) is 0.341. The van der Waals surface area contributed by atoms with Crippen molar-refractivity contribution in [2.75, 3.05) is 11.1 Å². The highest BCUT2D eigenvalue weighted by Gasteiger charge is 2.21. The lowest BCUT2D eigenvalue weighted by atomic mass is 10.1. The average molecular weight is 417 g/mol. The summed E-state index contributed by atoms with van der Waals surface area (Å²) in [7, 11) is 0. The third kappa shape index (κ3) is 4.29. The zero-order valence-electron chi connectivity index (χ0n) is 14.7. The van der Waals surface area contributed by atoms with Crippen LogP contribution in [0.5, 0.6) is 0 Å². The molecule has 0 spiro atoms. The average Bonchev–Trinajstić information content (AvgIpc) is 3.07. The fourth-order valence-electron chi connectivity index (χ4n) is 2.45. The van der Waals surface area contributed by atoms with Crippen molar-refractivity contribution in [1.29, 1.82) is 0 Å². The number of amides is 1. The number of nitrogens with zero attached hydrogens (tertiary/aromatic N) is 2. The molecule has 3 aromatic rings. The van der Waals surface area contributed by atoms with Crippen molar-refractivity contribution < 1.29 is 19.6 Å². The number of fused-ring (bicyclic) bond motifs is 1. The lowest BCUT2D eigenvalue weighted by Gasteiger charge is -2.08. The Hall–Kier alpha value is -2.98. The molecule has 2 aromatic carbocycles. The first-order chi connectivity index (χ1) is 13.4. The van der Waals surface area contributed by atoms with Crippen LogP contribution in [0.15, 0.2) is 40.7 Å². The second-order valence-electron chi connectivity index (χ2n) is 5.76. The number of hydrogen-bond acceptors (Lipinski definition) is 7. The van der Waals surface area contributed by atoms with Gasteiger partial charge in [0, 0.05) is 23.6 Å². The number of thioether (sulfide) groups is 1. The molecule has 2 N–H and O–H groups in total. The van der Waals surface area contributed by atoms with Gasteiger partial charge in [-0.15, -0.1) is 11.3 Å². The molecule has 0 aliphatic rings. The second kappa shape index (κ2) is 8.36. The number of carboxylic acid groups (broad SMARTS) is 1. The summed E-state index contributed by atoms with van der Waals surface area (Å²) in [5.74, 6) is -1.09. The van der Waals surface area contributed by atoms with Gasteiger partial charge in [0.15, 0.2) is 4.34 Å². The van der Waals surface area contributed by atoms with Crippen molar-refractivity contribution in [3.63, 3.8) is 0 Å². The largest absolute Gasteiger partial charge is 0.478 e. The molecule has 0 saturated heterocycles. The predicted molar refractivity (Wildman–Crippen MR) is 109 cm³/mol. The van der Waals surface area contributed by atoms with E-state index in [9.17, 15) is 24.8 Å². The highest BCUT2D eigenvalue weighted by Crippen LogP contribution is 2.31. The van der Waals surface area contributed by atoms with Gasteiger partial charge in [-0.25, -0.2) is 9.78 Å². The molecule has 28 heavy (non-hydrogen) atoms. The number of carbonyl (C=O) groups is 2. The van der Waals surface area contributed by atoms with Crippen molar-refractivity contribution in [3.05, 3.63) is 57.6 Å². The Morgan fingerprint density at radius 2 is 2.04 bits per heavy atom. The molecular formula is C18H15N3O5S2. The highest BCUT2D eigenvalue weighted by molar-refractivity contribution is 8.01. The fourth-order valence-corrected chi connectivity index (χ4v) is 4.48. The number of thiazole rings is 1. The number of nitro groups is 1. The Bertz CT molecular complexity index is 1080. The predicted octanol–water partition coefficient (Wildman–Crippen LogP) is 4.66. The van der Waals surface area contributed by atoms with E-state index in [1.165, 1.54) is 11.3 Å². The van der Waals surface area contributed by atoms with E-state index in [2.05, 4.69) is 17.2 Å². The first-order valence-electron chi connectivity index (χ1n) is 8.25. The number of aromatic nitrogens is 1.